The van der Waals surface area contributed by atoms with Gasteiger partial charge >= 0.3 is 0 Å². The van der Waals surface area contributed by atoms with Gasteiger partial charge in [-0.05, 0) is 55.6 Å². The minimum Gasteiger partial charge on any atom is -0.379 e. The molecule has 6 heteroatoms. The lowest BCUT2D eigenvalue weighted by molar-refractivity contribution is 0.0734. The molecule has 1 aromatic heterocycles. The number of nitrogens with one attached hydrogen (secondary N) is 1. The molecule has 1 N–H and O–H groups in total. The van der Waals surface area contributed by atoms with Gasteiger partial charge in [0.25, 0.3) is 5.91 Å². The van der Waals surface area contributed by atoms with Crippen LogP contribution in [0.1, 0.15) is 40.7 Å². The molecule has 0 aliphatic carbocycles. The molecule has 32 heavy (non-hydrogen) atoms. The Hall–Kier alpha value is -2.70. The molecule has 1 atom stereocenters. The van der Waals surface area contributed by atoms with E-state index in [1.165, 1.54) is 24.8 Å². The second kappa shape index (κ2) is 9.84. The molecule has 3 aromatic rings. The van der Waals surface area contributed by atoms with Crippen LogP contribution in [0.4, 0.5) is 0 Å². The van der Waals surface area contributed by atoms with Crippen LogP contribution in [0.15, 0.2) is 48.7 Å². The van der Waals surface area contributed by atoms with Crippen LogP contribution in [0.3, 0.4) is 0 Å². The third-order valence-corrected chi connectivity index (χ3v) is 6.80. The van der Waals surface area contributed by atoms with Crippen molar-refractivity contribution in [1.29, 1.82) is 0 Å². The van der Waals surface area contributed by atoms with E-state index in [9.17, 15) is 4.79 Å². The maximum absolute atomic E-state index is 13.6. The van der Waals surface area contributed by atoms with E-state index in [1.807, 2.05) is 29.3 Å². The van der Waals surface area contributed by atoms with E-state index >= 15 is 0 Å². The molecule has 6 nitrogen and oxygen atoms in total. The van der Waals surface area contributed by atoms with Gasteiger partial charge in [-0.2, -0.15) is 5.10 Å². The quantitative estimate of drug-likeness (QED) is 0.665. The van der Waals surface area contributed by atoms with Gasteiger partial charge in [0, 0.05) is 36.5 Å². The summed E-state index contributed by atoms with van der Waals surface area (Å²) in [6.45, 7) is 5.73. The Morgan fingerprint density at radius 1 is 1.03 bits per heavy atom. The van der Waals surface area contributed by atoms with Gasteiger partial charge in [0.2, 0.25) is 0 Å². The summed E-state index contributed by atoms with van der Waals surface area (Å²) >= 11 is 0. The highest BCUT2D eigenvalue weighted by Gasteiger charge is 2.26. The van der Waals surface area contributed by atoms with E-state index < -0.39 is 0 Å². The molecule has 2 aromatic carbocycles. The number of amides is 1. The Bertz CT molecular complexity index is 1060. The number of piperidine rings is 1. The highest BCUT2D eigenvalue weighted by Crippen LogP contribution is 2.23. The summed E-state index contributed by atoms with van der Waals surface area (Å²) in [5.74, 6) is 0.394. The normalized spacial score (nSPS) is 20.4. The largest absolute Gasteiger partial charge is 0.379 e. The molecule has 0 unspecified atom stereocenters. The van der Waals surface area contributed by atoms with Crippen LogP contribution in [-0.2, 0) is 17.7 Å². The Morgan fingerprint density at radius 2 is 1.88 bits per heavy atom. The van der Waals surface area contributed by atoms with Crippen LogP contribution in [-0.4, -0.2) is 65.3 Å². The van der Waals surface area contributed by atoms with Crippen molar-refractivity contribution >= 4 is 16.8 Å². The summed E-state index contributed by atoms with van der Waals surface area (Å²) < 4.78 is 5.92. The number of ether oxygens (including phenoxy) is 1. The molecule has 2 saturated heterocycles. The van der Waals surface area contributed by atoms with Crippen LogP contribution >= 0.6 is 0 Å². The zero-order valence-corrected chi connectivity index (χ0v) is 18.6. The van der Waals surface area contributed by atoms with Crippen LogP contribution in [0, 0.1) is 5.92 Å². The lowest BCUT2D eigenvalue weighted by atomic mass is 9.96. The van der Waals surface area contributed by atoms with Crippen LogP contribution in [0.25, 0.3) is 10.9 Å². The molecule has 1 amide bonds. The average molecular weight is 433 g/mol. The smallest absolute Gasteiger partial charge is 0.254 e. The van der Waals surface area contributed by atoms with Crippen LogP contribution in [0.2, 0.25) is 0 Å². The van der Waals surface area contributed by atoms with Gasteiger partial charge in [0.05, 0.1) is 24.9 Å². The van der Waals surface area contributed by atoms with Crippen LogP contribution in [0.5, 0.6) is 0 Å². The number of aromatic amines is 1. The Balaban J connectivity index is 1.32. The van der Waals surface area contributed by atoms with Gasteiger partial charge in [-0.15, -0.1) is 0 Å². The number of aromatic nitrogens is 2. The zero-order valence-electron chi connectivity index (χ0n) is 18.6. The topological polar surface area (TPSA) is 61.5 Å². The number of likely N-dealkylation sites (tertiary alicyclic amines) is 1. The number of carbonyl (C=O) groups excluding carboxylic acids is 1. The minimum absolute atomic E-state index is 0.134. The molecule has 5 rings (SSSR count). The number of nitrogens with zero attached hydrogens (tertiary/aromatic N) is 3. The number of H-pyrrole nitrogens is 1. The average Bonchev–Trinajstić information content (AvgIpc) is 3.20. The highest BCUT2D eigenvalue weighted by atomic mass is 16.5. The van der Waals surface area contributed by atoms with E-state index in [1.54, 1.807) is 0 Å². The zero-order chi connectivity index (χ0) is 21.8. The molecule has 0 radical (unpaired) electrons. The van der Waals surface area contributed by atoms with E-state index in [0.29, 0.717) is 26.3 Å². The fourth-order valence-electron chi connectivity index (χ4n) is 5.10. The monoisotopic (exact) mass is 432 g/mol. The van der Waals surface area contributed by atoms with Gasteiger partial charge in [0.1, 0.15) is 0 Å². The SMILES string of the molecule is O=C(c1ccccc1CN1CCCCC1)N1CCOC[C@H](Cc2cccc3[nH]ncc23)C1. The highest BCUT2D eigenvalue weighted by molar-refractivity contribution is 5.95. The molecule has 3 heterocycles. The summed E-state index contributed by atoms with van der Waals surface area (Å²) in [5, 5.41) is 8.39. The predicted molar refractivity (Wildman–Crippen MR) is 126 cm³/mol. The Kier molecular flexibility index (Phi) is 6.51. The molecule has 2 fully saturated rings. The molecule has 0 spiro atoms. The van der Waals surface area contributed by atoms with Gasteiger partial charge in [-0.3, -0.25) is 14.8 Å². The molecule has 168 valence electrons. The predicted octanol–water partition coefficient (Wildman–Crippen LogP) is 3.88. The second-order valence-electron chi connectivity index (χ2n) is 9.14. The molecule has 0 bridgehead atoms. The summed E-state index contributed by atoms with van der Waals surface area (Å²) in [5.41, 5.74) is 4.29. The number of benzene rings is 2. The van der Waals surface area contributed by atoms with Gasteiger partial charge < -0.3 is 9.64 Å². The van der Waals surface area contributed by atoms with Crippen molar-refractivity contribution in [2.24, 2.45) is 5.92 Å². The van der Waals surface area contributed by atoms with Crippen molar-refractivity contribution in [3.8, 4) is 0 Å². The summed E-state index contributed by atoms with van der Waals surface area (Å²) in [7, 11) is 0. The molecular weight excluding hydrogens is 400 g/mol. The first kappa shape index (κ1) is 21.2. The molecule has 2 aliphatic rings. The fourth-order valence-corrected chi connectivity index (χ4v) is 5.10. The maximum Gasteiger partial charge on any atom is 0.254 e. The first-order valence-corrected chi connectivity index (χ1v) is 11.9. The van der Waals surface area contributed by atoms with E-state index in [-0.39, 0.29) is 11.8 Å². The minimum atomic E-state index is 0.134. The third-order valence-electron chi connectivity index (χ3n) is 6.80. The van der Waals surface area contributed by atoms with E-state index in [2.05, 4.69) is 39.4 Å². The van der Waals surface area contributed by atoms with E-state index in [0.717, 1.165) is 48.1 Å². The Labute approximate surface area is 189 Å². The number of hydrogen-bond acceptors (Lipinski definition) is 4. The fraction of sp³-hybridized carbons (Fsp3) is 0.462. The number of fused-ring (bicyclic) bond motifs is 1. The van der Waals surface area contributed by atoms with E-state index in [4.69, 9.17) is 4.74 Å². The second-order valence-corrected chi connectivity index (χ2v) is 9.14. The van der Waals surface area contributed by atoms with Crippen LogP contribution < -0.4 is 0 Å². The number of rotatable bonds is 5. The third kappa shape index (κ3) is 4.71. The lowest BCUT2D eigenvalue weighted by Gasteiger charge is -2.28. The van der Waals surface area contributed by atoms with Gasteiger partial charge in [-0.1, -0.05) is 36.8 Å². The van der Waals surface area contributed by atoms with Crippen molar-refractivity contribution in [2.45, 2.75) is 32.2 Å². The molecule has 2 aliphatic heterocycles. The maximum atomic E-state index is 13.6. The summed E-state index contributed by atoms with van der Waals surface area (Å²) in [6, 6.07) is 14.4. The molecular formula is C26H32N4O2. The van der Waals surface area contributed by atoms with Gasteiger partial charge in [-0.25, -0.2) is 0 Å². The summed E-state index contributed by atoms with van der Waals surface area (Å²) in [4.78, 5) is 18.1. The number of hydrogen-bond donors (Lipinski definition) is 1. The first-order chi connectivity index (χ1) is 15.8. The van der Waals surface area contributed by atoms with Crippen molar-refractivity contribution < 1.29 is 9.53 Å². The Morgan fingerprint density at radius 3 is 2.78 bits per heavy atom. The molecule has 0 saturated carbocycles. The summed E-state index contributed by atoms with van der Waals surface area (Å²) in [6.07, 6.45) is 6.59. The lowest BCUT2D eigenvalue weighted by Crippen LogP contribution is -2.37. The van der Waals surface area contributed by atoms with Gasteiger partial charge in [0.15, 0.2) is 0 Å². The number of carbonyl (C=O) groups is 1. The van der Waals surface area contributed by atoms with Crippen molar-refractivity contribution in [3.63, 3.8) is 0 Å². The van der Waals surface area contributed by atoms with Crippen molar-refractivity contribution in [3.05, 3.63) is 65.4 Å². The first-order valence-electron chi connectivity index (χ1n) is 11.9. The van der Waals surface area contributed by atoms with Crippen molar-refractivity contribution in [1.82, 2.24) is 20.0 Å². The standard InChI is InChI=1S/C26H32N4O2/c31-26(23-9-3-2-7-22(23)18-29-11-4-1-5-12-29)30-13-14-32-19-20(17-30)15-21-8-6-10-25-24(21)16-27-28-25/h2-3,6-10,16,20H,1,4-5,11-15,17-19H2,(H,27,28)/t20-/m1/s1. The van der Waals surface area contributed by atoms with Crippen molar-refractivity contribution in [2.75, 3.05) is 39.4 Å².